The topological polar surface area (TPSA) is 47.6 Å². The van der Waals surface area contributed by atoms with Gasteiger partial charge in [0.05, 0.1) is 13.2 Å². The molecule has 0 amide bonds. The molecule has 0 bridgehead atoms. The molecule has 1 aliphatic carbocycles. The van der Waals surface area contributed by atoms with Crippen LogP contribution < -0.4 is 5.32 Å². The van der Waals surface area contributed by atoms with Crippen LogP contribution in [0.3, 0.4) is 0 Å². The van der Waals surface area contributed by atoms with Crippen LogP contribution in [0.2, 0.25) is 0 Å². The average molecular weight is 243 g/mol. The Balaban J connectivity index is 2.51. The summed E-state index contributed by atoms with van der Waals surface area (Å²) in [5, 5.41) is 3.42. The number of hydrogen-bond acceptors (Lipinski definition) is 4. The van der Waals surface area contributed by atoms with Crippen LogP contribution in [-0.2, 0) is 14.3 Å². The maximum Gasteiger partial charge on any atom is 0.323 e. The Morgan fingerprint density at radius 1 is 1.29 bits per heavy atom. The van der Waals surface area contributed by atoms with Gasteiger partial charge in [0.15, 0.2) is 0 Å². The van der Waals surface area contributed by atoms with Gasteiger partial charge in [0.1, 0.15) is 6.04 Å². The average Bonchev–Trinajstić information content (AvgIpc) is 2.35. The molecule has 1 fully saturated rings. The zero-order chi connectivity index (χ0) is 12.8. The van der Waals surface area contributed by atoms with Crippen LogP contribution >= 0.6 is 0 Å². The van der Waals surface area contributed by atoms with Gasteiger partial charge < -0.3 is 14.8 Å². The van der Waals surface area contributed by atoms with Crippen LogP contribution in [-0.4, -0.2) is 38.4 Å². The second-order valence-corrected chi connectivity index (χ2v) is 5.13. The lowest BCUT2D eigenvalue weighted by molar-refractivity contribution is -0.144. The van der Waals surface area contributed by atoms with Gasteiger partial charge in [-0.1, -0.05) is 13.8 Å². The Morgan fingerprint density at radius 3 is 2.53 bits per heavy atom. The van der Waals surface area contributed by atoms with Gasteiger partial charge in [0.25, 0.3) is 0 Å². The van der Waals surface area contributed by atoms with Gasteiger partial charge in [0, 0.05) is 13.2 Å². The summed E-state index contributed by atoms with van der Waals surface area (Å²) in [6, 6.07) is 0.154. The Bertz CT molecular complexity index is 243. The number of methoxy groups -OCH3 is 2. The van der Waals surface area contributed by atoms with Crippen LogP contribution in [0, 0.1) is 5.92 Å². The minimum Gasteiger partial charge on any atom is -0.468 e. The summed E-state index contributed by atoms with van der Waals surface area (Å²) in [6.07, 6.45) is 4.70. The van der Waals surface area contributed by atoms with Gasteiger partial charge in [-0.3, -0.25) is 4.79 Å². The summed E-state index contributed by atoms with van der Waals surface area (Å²) >= 11 is 0. The molecule has 100 valence electrons. The molecule has 1 N–H and O–H groups in total. The molecule has 2 unspecified atom stereocenters. The highest BCUT2D eigenvalue weighted by Gasteiger charge is 2.29. The Labute approximate surface area is 104 Å². The molecule has 1 rings (SSSR count). The molecule has 0 aromatic rings. The SMILES string of the molecule is COC(=O)[C@@H](NC1CCCC(OC)C1)C(C)C. The maximum atomic E-state index is 11.7. The van der Waals surface area contributed by atoms with E-state index in [1.165, 1.54) is 7.11 Å². The molecule has 0 aliphatic heterocycles. The Morgan fingerprint density at radius 2 is 2.00 bits per heavy atom. The molecule has 0 heterocycles. The fourth-order valence-electron chi connectivity index (χ4n) is 2.42. The number of ether oxygens (including phenoxy) is 2. The molecule has 4 nitrogen and oxygen atoms in total. The summed E-state index contributed by atoms with van der Waals surface area (Å²) in [5.41, 5.74) is 0. The first-order chi connectivity index (χ1) is 8.08. The van der Waals surface area contributed by atoms with Gasteiger partial charge in [0.2, 0.25) is 0 Å². The second-order valence-electron chi connectivity index (χ2n) is 5.13. The molecular weight excluding hydrogens is 218 g/mol. The van der Waals surface area contributed by atoms with E-state index in [-0.39, 0.29) is 17.9 Å². The number of carbonyl (C=O) groups is 1. The molecular formula is C13H25NO3. The lowest BCUT2D eigenvalue weighted by atomic mass is 9.91. The molecule has 3 atom stereocenters. The van der Waals surface area contributed by atoms with Crippen molar-refractivity contribution in [1.82, 2.24) is 5.32 Å². The standard InChI is InChI=1S/C13H25NO3/c1-9(2)12(13(15)17-4)14-10-6-5-7-11(8-10)16-3/h9-12,14H,5-8H2,1-4H3/t10?,11?,12-/m0/s1. The first-order valence-corrected chi connectivity index (χ1v) is 6.45. The molecule has 1 aliphatic rings. The molecule has 1 saturated carbocycles. The highest BCUT2D eigenvalue weighted by Crippen LogP contribution is 2.22. The van der Waals surface area contributed by atoms with E-state index in [0.29, 0.717) is 12.1 Å². The summed E-state index contributed by atoms with van der Waals surface area (Å²) in [6.45, 7) is 4.07. The third-order valence-corrected chi connectivity index (χ3v) is 3.50. The summed E-state index contributed by atoms with van der Waals surface area (Å²) in [7, 11) is 3.20. The van der Waals surface area contributed by atoms with Crippen molar-refractivity contribution in [3.63, 3.8) is 0 Å². The van der Waals surface area contributed by atoms with E-state index in [4.69, 9.17) is 9.47 Å². The van der Waals surface area contributed by atoms with Gasteiger partial charge in [-0.25, -0.2) is 0 Å². The zero-order valence-corrected chi connectivity index (χ0v) is 11.4. The third-order valence-electron chi connectivity index (χ3n) is 3.50. The fourth-order valence-corrected chi connectivity index (χ4v) is 2.42. The van der Waals surface area contributed by atoms with Crippen LogP contribution in [0.5, 0.6) is 0 Å². The molecule has 0 saturated heterocycles. The molecule has 0 radical (unpaired) electrons. The number of rotatable bonds is 5. The minimum absolute atomic E-state index is 0.167. The van der Waals surface area contributed by atoms with Crippen LogP contribution in [0.4, 0.5) is 0 Å². The van der Waals surface area contributed by atoms with Gasteiger partial charge in [-0.05, 0) is 31.6 Å². The lowest BCUT2D eigenvalue weighted by Crippen LogP contribution is -2.49. The minimum atomic E-state index is -0.208. The predicted octanol–water partition coefficient (Wildman–Crippen LogP) is 1.73. The molecule has 0 spiro atoms. The largest absolute Gasteiger partial charge is 0.468 e. The van der Waals surface area contributed by atoms with Crippen molar-refractivity contribution in [2.75, 3.05) is 14.2 Å². The monoisotopic (exact) mass is 243 g/mol. The van der Waals surface area contributed by atoms with Crippen molar-refractivity contribution in [3.05, 3.63) is 0 Å². The van der Waals surface area contributed by atoms with E-state index in [1.807, 2.05) is 13.8 Å². The van der Waals surface area contributed by atoms with Crippen molar-refractivity contribution in [2.24, 2.45) is 5.92 Å². The predicted molar refractivity (Wildman–Crippen MR) is 66.8 cm³/mol. The molecule has 4 heteroatoms. The van der Waals surface area contributed by atoms with E-state index in [2.05, 4.69) is 5.32 Å². The van der Waals surface area contributed by atoms with E-state index >= 15 is 0 Å². The third kappa shape index (κ3) is 4.28. The van der Waals surface area contributed by atoms with Crippen LogP contribution in [0.1, 0.15) is 39.5 Å². The highest BCUT2D eigenvalue weighted by molar-refractivity contribution is 5.75. The lowest BCUT2D eigenvalue weighted by Gasteiger charge is -2.32. The van der Waals surface area contributed by atoms with Crippen molar-refractivity contribution >= 4 is 5.97 Å². The molecule has 0 aromatic carbocycles. The van der Waals surface area contributed by atoms with Crippen molar-refractivity contribution in [3.8, 4) is 0 Å². The van der Waals surface area contributed by atoms with E-state index in [1.54, 1.807) is 7.11 Å². The van der Waals surface area contributed by atoms with Gasteiger partial charge >= 0.3 is 5.97 Å². The van der Waals surface area contributed by atoms with E-state index in [9.17, 15) is 4.79 Å². The van der Waals surface area contributed by atoms with Crippen molar-refractivity contribution in [2.45, 2.75) is 57.7 Å². The number of carbonyl (C=O) groups excluding carboxylic acids is 1. The summed E-state index contributed by atoms with van der Waals surface area (Å²) in [4.78, 5) is 11.7. The number of nitrogens with one attached hydrogen (secondary N) is 1. The van der Waals surface area contributed by atoms with Crippen LogP contribution in [0.25, 0.3) is 0 Å². The molecule has 0 aromatic heterocycles. The van der Waals surface area contributed by atoms with Crippen molar-refractivity contribution < 1.29 is 14.3 Å². The fraction of sp³-hybridized carbons (Fsp3) is 0.923. The number of hydrogen-bond donors (Lipinski definition) is 1. The van der Waals surface area contributed by atoms with Crippen molar-refractivity contribution in [1.29, 1.82) is 0 Å². The Kier molecular flexibility index (Phi) is 5.92. The van der Waals surface area contributed by atoms with E-state index < -0.39 is 0 Å². The normalized spacial score (nSPS) is 26.9. The van der Waals surface area contributed by atoms with Gasteiger partial charge in [-0.2, -0.15) is 0 Å². The Hall–Kier alpha value is -0.610. The first-order valence-electron chi connectivity index (χ1n) is 6.45. The maximum absolute atomic E-state index is 11.7. The summed E-state index contributed by atoms with van der Waals surface area (Å²) < 4.78 is 10.2. The first kappa shape index (κ1) is 14.5. The molecule has 17 heavy (non-hydrogen) atoms. The summed E-state index contributed by atoms with van der Waals surface area (Å²) in [5.74, 6) is 0.0740. The van der Waals surface area contributed by atoms with E-state index in [0.717, 1.165) is 25.7 Å². The van der Waals surface area contributed by atoms with Crippen LogP contribution in [0.15, 0.2) is 0 Å². The zero-order valence-electron chi connectivity index (χ0n) is 11.4. The smallest absolute Gasteiger partial charge is 0.323 e. The highest BCUT2D eigenvalue weighted by atomic mass is 16.5. The van der Waals surface area contributed by atoms with Gasteiger partial charge in [-0.15, -0.1) is 0 Å². The second kappa shape index (κ2) is 6.97. The number of esters is 1. The quantitative estimate of drug-likeness (QED) is 0.747.